The SMILES string of the molecule is Cc1nn(-c2ccccc2)nc1C(=O)Nc1cccc(-c2nn[nH]n2)c1. The number of amides is 1. The highest BCUT2D eigenvalue weighted by atomic mass is 16.2. The Morgan fingerprint density at radius 2 is 1.92 bits per heavy atom. The van der Waals surface area contributed by atoms with Crippen LogP contribution in [-0.4, -0.2) is 41.5 Å². The fourth-order valence-electron chi connectivity index (χ4n) is 2.48. The molecule has 2 heterocycles. The molecule has 0 radical (unpaired) electrons. The normalized spacial score (nSPS) is 10.7. The third-order valence-corrected chi connectivity index (χ3v) is 3.71. The summed E-state index contributed by atoms with van der Waals surface area (Å²) in [4.78, 5) is 14.0. The van der Waals surface area contributed by atoms with Gasteiger partial charge in [-0.05, 0) is 36.4 Å². The fraction of sp³-hybridized carbons (Fsp3) is 0.0588. The number of hydrogen-bond donors (Lipinski definition) is 2. The van der Waals surface area contributed by atoms with Crippen molar-refractivity contribution in [3.63, 3.8) is 0 Å². The van der Waals surface area contributed by atoms with Crippen LogP contribution in [0.4, 0.5) is 5.69 Å². The highest BCUT2D eigenvalue weighted by Crippen LogP contribution is 2.19. The molecule has 0 aliphatic rings. The van der Waals surface area contributed by atoms with Gasteiger partial charge in [-0.15, -0.1) is 15.3 Å². The van der Waals surface area contributed by atoms with Gasteiger partial charge in [-0.25, -0.2) is 0 Å². The van der Waals surface area contributed by atoms with Crippen LogP contribution in [0.1, 0.15) is 16.2 Å². The molecule has 9 nitrogen and oxygen atoms in total. The van der Waals surface area contributed by atoms with E-state index in [2.05, 4.69) is 36.1 Å². The topological polar surface area (TPSA) is 114 Å². The summed E-state index contributed by atoms with van der Waals surface area (Å²) in [5.41, 5.74) is 2.93. The first-order chi connectivity index (χ1) is 12.7. The van der Waals surface area contributed by atoms with Gasteiger partial charge in [-0.3, -0.25) is 4.79 Å². The van der Waals surface area contributed by atoms with E-state index in [0.717, 1.165) is 11.3 Å². The van der Waals surface area contributed by atoms with Gasteiger partial charge in [0.05, 0.1) is 11.4 Å². The first-order valence-corrected chi connectivity index (χ1v) is 7.85. The van der Waals surface area contributed by atoms with Gasteiger partial charge in [0.1, 0.15) is 0 Å². The summed E-state index contributed by atoms with van der Waals surface area (Å²) in [6, 6.07) is 16.6. The molecule has 4 rings (SSSR count). The number of aromatic nitrogens is 7. The summed E-state index contributed by atoms with van der Waals surface area (Å²) in [6.07, 6.45) is 0. The first-order valence-electron chi connectivity index (χ1n) is 7.85. The Kier molecular flexibility index (Phi) is 3.94. The Bertz CT molecular complexity index is 1040. The van der Waals surface area contributed by atoms with Gasteiger partial charge < -0.3 is 5.32 Å². The first kappa shape index (κ1) is 15.6. The van der Waals surface area contributed by atoms with Gasteiger partial charge in [-0.1, -0.05) is 30.3 Å². The Labute approximate surface area is 148 Å². The molecule has 1 amide bonds. The Morgan fingerprint density at radius 1 is 1.08 bits per heavy atom. The zero-order valence-electron chi connectivity index (χ0n) is 13.8. The minimum absolute atomic E-state index is 0.263. The Balaban J connectivity index is 1.58. The van der Waals surface area contributed by atoms with Crippen molar-refractivity contribution in [1.29, 1.82) is 0 Å². The lowest BCUT2D eigenvalue weighted by Crippen LogP contribution is -2.14. The summed E-state index contributed by atoms with van der Waals surface area (Å²) in [7, 11) is 0. The molecule has 128 valence electrons. The van der Waals surface area contributed by atoms with E-state index in [1.807, 2.05) is 36.4 Å². The van der Waals surface area contributed by atoms with E-state index in [9.17, 15) is 4.79 Å². The second-order valence-corrected chi connectivity index (χ2v) is 5.53. The Hall–Kier alpha value is -3.88. The van der Waals surface area contributed by atoms with E-state index in [-0.39, 0.29) is 11.6 Å². The largest absolute Gasteiger partial charge is 0.321 e. The van der Waals surface area contributed by atoms with Crippen LogP contribution in [0.15, 0.2) is 54.6 Å². The number of aromatic amines is 1. The zero-order chi connectivity index (χ0) is 17.9. The average molecular weight is 346 g/mol. The summed E-state index contributed by atoms with van der Waals surface area (Å²) >= 11 is 0. The molecular weight excluding hydrogens is 332 g/mol. The number of carbonyl (C=O) groups is 1. The number of benzene rings is 2. The van der Waals surface area contributed by atoms with E-state index in [4.69, 9.17) is 0 Å². The van der Waals surface area contributed by atoms with Crippen LogP contribution >= 0.6 is 0 Å². The van der Waals surface area contributed by atoms with Crippen molar-refractivity contribution in [1.82, 2.24) is 35.6 Å². The molecule has 0 fully saturated rings. The van der Waals surface area contributed by atoms with Crippen LogP contribution in [-0.2, 0) is 0 Å². The summed E-state index contributed by atoms with van der Waals surface area (Å²) in [6.45, 7) is 1.75. The number of tetrazole rings is 1. The highest BCUT2D eigenvalue weighted by Gasteiger charge is 2.17. The molecule has 0 saturated heterocycles. The molecule has 26 heavy (non-hydrogen) atoms. The third kappa shape index (κ3) is 3.05. The van der Waals surface area contributed by atoms with E-state index in [0.29, 0.717) is 17.2 Å². The number of nitrogens with zero attached hydrogens (tertiary/aromatic N) is 6. The lowest BCUT2D eigenvalue weighted by Gasteiger charge is -2.04. The smallest absolute Gasteiger partial charge is 0.278 e. The molecule has 0 bridgehead atoms. The van der Waals surface area contributed by atoms with Crippen molar-refractivity contribution in [3.8, 4) is 17.1 Å². The average Bonchev–Trinajstić information content (AvgIpc) is 3.32. The van der Waals surface area contributed by atoms with Crippen molar-refractivity contribution in [2.45, 2.75) is 6.92 Å². The molecule has 0 atom stereocenters. The van der Waals surface area contributed by atoms with Crippen molar-refractivity contribution in [2.24, 2.45) is 0 Å². The maximum absolute atomic E-state index is 12.6. The Morgan fingerprint density at radius 3 is 2.69 bits per heavy atom. The molecule has 2 aromatic heterocycles. The van der Waals surface area contributed by atoms with Gasteiger partial charge in [-0.2, -0.15) is 15.1 Å². The second kappa shape index (κ2) is 6.55. The number of anilines is 1. The van der Waals surface area contributed by atoms with E-state index >= 15 is 0 Å². The summed E-state index contributed by atoms with van der Waals surface area (Å²) in [5, 5.41) is 25.2. The minimum atomic E-state index is -0.338. The lowest BCUT2D eigenvalue weighted by atomic mass is 10.2. The zero-order valence-corrected chi connectivity index (χ0v) is 13.8. The minimum Gasteiger partial charge on any atom is -0.321 e. The molecular formula is C17H14N8O. The molecule has 0 unspecified atom stereocenters. The number of para-hydroxylation sites is 1. The predicted octanol–water partition coefficient (Wildman–Crippen LogP) is 2.01. The van der Waals surface area contributed by atoms with Crippen LogP contribution in [0, 0.1) is 6.92 Å². The monoisotopic (exact) mass is 346 g/mol. The van der Waals surface area contributed by atoms with Crippen molar-refractivity contribution in [3.05, 3.63) is 66.0 Å². The molecule has 2 aromatic carbocycles. The van der Waals surface area contributed by atoms with Gasteiger partial charge in [0.15, 0.2) is 5.69 Å². The molecule has 0 saturated carbocycles. The summed E-state index contributed by atoms with van der Waals surface area (Å²) < 4.78 is 0. The van der Waals surface area contributed by atoms with E-state index < -0.39 is 0 Å². The van der Waals surface area contributed by atoms with Crippen LogP contribution in [0.5, 0.6) is 0 Å². The lowest BCUT2D eigenvalue weighted by molar-refractivity contribution is 0.102. The van der Waals surface area contributed by atoms with Crippen LogP contribution < -0.4 is 5.32 Å². The molecule has 9 heteroatoms. The maximum Gasteiger partial charge on any atom is 0.278 e. The fourth-order valence-corrected chi connectivity index (χ4v) is 2.48. The molecule has 0 spiro atoms. The summed E-state index contributed by atoms with van der Waals surface area (Å²) in [5.74, 6) is 0.113. The van der Waals surface area contributed by atoms with Gasteiger partial charge >= 0.3 is 0 Å². The van der Waals surface area contributed by atoms with Crippen molar-refractivity contribution < 1.29 is 4.79 Å². The van der Waals surface area contributed by atoms with E-state index in [1.165, 1.54) is 4.80 Å². The molecule has 4 aromatic rings. The van der Waals surface area contributed by atoms with E-state index in [1.54, 1.807) is 25.1 Å². The predicted molar refractivity (Wildman–Crippen MR) is 93.7 cm³/mol. The van der Waals surface area contributed by atoms with Crippen LogP contribution in [0.2, 0.25) is 0 Å². The highest BCUT2D eigenvalue weighted by molar-refractivity contribution is 6.03. The number of H-pyrrole nitrogens is 1. The van der Waals surface area contributed by atoms with Crippen molar-refractivity contribution in [2.75, 3.05) is 5.32 Å². The number of aryl methyl sites for hydroxylation is 1. The number of hydrogen-bond acceptors (Lipinski definition) is 6. The van der Waals surface area contributed by atoms with Crippen LogP contribution in [0.25, 0.3) is 17.1 Å². The molecule has 0 aliphatic heterocycles. The molecule has 2 N–H and O–H groups in total. The van der Waals surface area contributed by atoms with Crippen molar-refractivity contribution >= 4 is 11.6 Å². The number of rotatable bonds is 4. The molecule has 0 aliphatic carbocycles. The number of carbonyl (C=O) groups excluding carboxylic acids is 1. The second-order valence-electron chi connectivity index (χ2n) is 5.53. The van der Waals surface area contributed by atoms with Gasteiger partial charge in [0, 0.05) is 11.3 Å². The number of nitrogens with one attached hydrogen (secondary N) is 2. The van der Waals surface area contributed by atoms with Crippen LogP contribution in [0.3, 0.4) is 0 Å². The quantitative estimate of drug-likeness (QED) is 0.584. The van der Waals surface area contributed by atoms with Gasteiger partial charge in [0.25, 0.3) is 5.91 Å². The third-order valence-electron chi connectivity index (χ3n) is 3.71. The van der Waals surface area contributed by atoms with Gasteiger partial charge in [0.2, 0.25) is 5.82 Å². The maximum atomic E-state index is 12.6. The standard InChI is InChI=1S/C17H14N8O/c1-11-15(22-25(21-11)14-8-3-2-4-9-14)17(26)18-13-7-5-6-12(10-13)16-19-23-24-20-16/h2-10H,1H3,(H,18,26)(H,19,20,23,24).